The molecular weight excluding hydrogens is 228 g/mol. The number of fused-ring (bicyclic) bond motifs is 1. The maximum absolute atomic E-state index is 5.62. The summed E-state index contributed by atoms with van der Waals surface area (Å²) in [5.74, 6) is 2.99. The zero-order valence-corrected chi connectivity index (χ0v) is 11.0. The topological polar surface area (TPSA) is 50.3 Å². The number of rotatable bonds is 3. The van der Waals surface area contributed by atoms with Crippen LogP contribution in [0.15, 0.2) is 12.3 Å². The number of hydrogen-bond acceptors (Lipinski definition) is 5. The van der Waals surface area contributed by atoms with Crippen LogP contribution < -0.4 is 15.0 Å². The number of nitrogens with zero attached hydrogens (tertiary/aromatic N) is 3. The van der Waals surface area contributed by atoms with Gasteiger partial charge in [-0.3, -0.25) is 0 Å². The van der Waals surface area contributed by atoms with Gasteiger partial charge in [-0.1, -0.05) is 0 Å². The van der Waals surface area contributed by atoms with Gasteiger partial charge < -0.3 is 15.0 Å². The van der Waals surface area contributed by atoms with Crippen molar-refractivity contribution in [2.75, 3.05) is 31.1 Å². The van der Waals surface area contributed by atoms with Crippen molar-refractivity contribution in [2.45, 2.75) is 20.0 Å². The van der Waals surface area contributed by atoms with Crippen LogP contribution in [-0.2, 0) is 0 Å². The Bertz CT molecular complexity index is 411. The molecule has 2 aliphatic rings. The quantitative estimate of drug-likeness (QED) is 0.862. The molecule has 2 unspecified atom stereocenters. The van der Waals surface area contributed by atoms with Gasteiger partial charge in [-0.05, 0) is 25.7 Å². The second-order valence-electron chi connectivity index (χ2n) is 5.44. The van der Waals surface area contributed by atoms with Gasteiger partial charge in [0.05, 0.1) is 6.10 Å². The molecule has 3 rings (SSSR count). The number of aromatic nitrogens is 2. The van der Waals surface area contributed by atoms with Crippen molar-refractivity contribution in [2.24, 2.45) is 11.8 Å². The molecule has 1 N–H and O–H groups in total. The van der Waals surface area contributed by atoms with Gasteiger partial charge in [0.1, 0.15) is 0 Å². The van der Waals surface area contributed by atoms with Gasteiger partial charge in [0.15, 0.2) is 0 Å². The number of hydrogen-bond donors (Lipinski definition) is 1. The van der Waals surface area contributed by atoms with E-state index in [9.17, 15) is 0 Å². The van der Waals surface area contributed by atoms with Gasteiger partial charge in [-0.15, -0.1) is 0 Å². The Morgan fingerprint density at radius 3 is 2.72 bits per heavy atom. The summed E-state index contributed by atoms with van der Waals surface area (Å²) in [6, 6.07) is 1.82. The fourth-order valence-electron chi connectivity index (χ4n) is 2.81. The molecule has 0 amide bonds. The van der Waals surface area contributed by atoms with Crippen LogP contribution in [-0.4, -0.2) is 42.3 Å². The summed E-state index contributed by atoms with van der Waals surface area (Å²) >= 11 is 0. The summed E-state index contributed by atoms with van der Waals surface area (Å²) < 4.78 is 5.62. The van der Waals surface area contributed by atoms with Crippen molar-refractivity contribution in [3.05, 3.63) is 12.3 Å². The molecule has 2 fully saturated rings. The van der Waals surface area contributed by atoms with Gasteiger partial charge in [-0.2, -0.15) is 4.98 Å². The van der Waals surface area contributed by atoms with Crippen molar-refractivity contribution >= 4 is 5.95 Å². The lowest BCUT2D eigenvalue weighted by atomic mass is 10.0. The van der Waals surface area contributed by atoms with Gasteiger partial charge in [0.2, 0.25) is 11.8 Å². The molecule has 0 bridgehead atoms. The van der Waals surface area contributed by atoms with E-state index in [0.29, 0.717) is 5.88 Å². The first-order chi connectivity index (χ1) is 8.72. The molecule has 3 heterocycles. The number of anilines is 1. The van der Waals surface area contributed by atoms with E-state index in [4.69, 9.17) is 4.74 Å². The lowest BCUT2D eigenvalue weighted by molar-refractivity contribution is 0.232. The highest BCUT2D eigenvalue weighted by Crippen LogP contribution is 2.29. The lowest BCUT2D eigenvalue weighted by Gasteiger charge is -2.18. The Kier molecular flexibility index (Phi) is 3.07. The Morgan fingerprint density at radius 1 is 1.33 bits per heavy atom. The number of nitrogens with one attached hydrogen (secondary N) is 1. The van der Waals surface area contributed by atoms with Crippen LogP contribution in [0, 0.1) is 11.8 Å². The highest BCUT2D eigenvalue weighted by atomic mass is 16.5. The Balaban J connectivity index is 1.72. The van der Waals surface area contributed by atoms with Crippen molar-refractivity contribution in [3.63, 3.8) is 0 Å². The largest absolute Gasteiger partial charge is 0.475 e. The molecule has 0 saturated carbocycles. The minimum atomic E-state index is 0.148. The molecule has 2 aliphatic heterocycles. The third kappa shape index (κ3) is 2.27. The van der Waals surface area contributed by atoms with E-state index in [1.54, 1.807) is 6.20 Å². The third-order valence-electron chi connectivity index (χ3n) is 3.65. The standard InChI is InChI=1S/C13H20N4O/c1-9(2)18-12-3-4-15-13(16-12)17-7-10-5-14-6-11(10)8-17/h3-4,9-11,14H,5-8H2,1-2H3. The first-order valence-corrected chi connectivity index (χ1v) is 6.68. The molecule has 0 aliphatic carbocycles. The maximum atomic E-state index is 5.62. The Labute approximate surface area is 108 Å². The normalized spacial score (nSPS) is 26.7. The van der Waals surface area contributed by atoms with Gasteiger partial charge in [0, 0.05) is 38.4 Å². The highest BCUT2D eigenvalue weighted by Gasteiger charge is 2.37. The van der Waals surface area contributed by atoms with Crippen LogP contribution in [0.25, 0.3) is 0 Å². The van der Waals surface area contributed by atoms with E-state index in [1.807, 2.05) is 19.9 Å². The zero-order valence-electron chi connectivity index (χ0n) is 11.0. The molecule has 1 aromatic heterocycles. The highest BCUT2D eigenvalue weighted by molar-refractivity contribution is 5.34. The molecule has 5 heteroatoms. The summed E-state index contributed by atoms with van der Waals surface area (Å²) in [6.07, 6.45) is 1.93. The van der Waals surface area contributed by atoms with Crippen LogP contribution in [0.5, 0.6) is 5.88 Å². The van der Waals surface area contributed by atoms with Crippen LogP contribution in [0.1, 0.15) is 13.8 Å². The van der Waals surface area contributed by atoms with E-state index < -0.39 is 0 Å². The molecule has 5 nitrogen and oxygen atoms in total. The van der Waals surface area contributed by atoms with Crippen LogP contribution in [0.2, 0.25) is 0 Å². The van der Waals surface area contributed by atoms with E-state index in [2.05, 4.69) is 20.2 Å². The molecular formula is C13H20N4O. The average molecular weight is 248 g/mol. The zero-order chi connectivity index (χ0) is 12.5. The molecule has 0 radical (unpaired) electrons. The smallest absolute Gasteiger partial charge is 0.228 e. The first-order valence-electron chi connectivity index (χ1n) is 6.68. The monoisotopic (exact) mass is 248 g/mol. The SMILES string of the molecule is CC(C)Oc1ccnc(N2CC3CNCC3C2)n1. The van der Waals surface area contributed by atoms with Crippen molar-refractivity contribution < 1.29 is 4.74 Å². The summed E-state index contributed by atoms with van der Waals surface area (Å²) in [5, 5.41) is 3.44. The molecule has 0 aromatic carbocycles. The van der Waals surface area contributed by atoms with Gasteiger partial charge in [-0.25, -0.2) is 4.98 Å². The Hall–Kier alpha value is -1.36. The summed E-state index contributed by atoms with van der Waals surface area (Å²) in [6.45, 7) is 8.39. The summed E-state index contributed by atoms with van der Waals surface area (Å²) in [7, 11) is 0. The molecule has 18 heavy (non-hydrogen) atoms. The molecule has 0 spiro atoms. The lowest BCUT2D eigenvalue weighted by Crippen LogP contribution is -2.27. The summed E-state index contributed by atoms with van der Waals surface area (Å²) in [5.41, 5.74) is 0. The second kappa shape index (κ2) is 4.72. The molecule has 98 valence electrons. The predicted octanol–water partition coefficient (Wildman–Crippen LogP) is 0.919. The van der Waals surface area contributed by atoms with Gasteiger partial charge >= 0.3 is 0 Å². The minimum absolute atomic E-state index is 0.148. The second-order valence-corrected chi connectivity index (χ2v) is 5.44. The van der Waals surface area contributed by atoms with Crippen LogP contribution >= 0.6 is 0 Å². The predicted molar refractivity (Wildman–Crippen MR) is 69.9 cm³/mol. The third-order valence-corrected chi connectivity index (χ3v) is 3.65. The fourth-order valence-corrected chi connectivity index (χ4v) is 2.81. The summed E-state index contributed by atoms with van der Waals surface area (Å²) in [4.78, 5) is 11.1. The first kappa shape index (κ1) is 11.7. The van der Waals surface area contributed by atoms with Gasteiger partial charge in [0.25, 0.3) is 0 Å². The molecule has 1 aromatic rings. The van der Waals surface area contributed by atoms with Crippen molar-refractivity contribution in [3.8, 4) is 5.88 Å². The van der Waals surface area contributed by atoms with Crippen molar-refractivity contribution in [1.29, 1.82) is 0 Å². The molecule has 2 saturated heterocycles. The van der Waals surface area contributed by atoms with Crippen molar-refractivity contribution in [1.82, 2.24) is 15.3 Å². The van der Waals surface area contributed by atoms with E-state index >= 15 is 0 Å². The Morgan fingerprint density at radius 2 is 2.06 bits per heavy atom. The van der Waals surface area contributed by atoms with Crippen LogP contribution in [0.4, 0.5) is 5.95 Å². The van der Waals surface area contributed by atoms with E-state index in [-0.39, 0.29) is 6.10 Å². The number of ether oxygens (including phenoxy) is 1. The maximum Gasteiger partial charge on any atom is 0.228 e. The van der Waals surface area contributed by atoms with E-state index in [1.165, 1.54) is 0 Å². The minimum Gasteiger partial charge on any atom is -0.475 e. The average Bonchev–Trinajstić information content (AvgIpc) is 2.88. The molecule has 2 atom stereocenters. The fraction of sp³-hybridized carbons (Fsp3) is 0.692. The van der Waals surface area contributed by atoms with Crippen LogP contribution in [0.3, 0.4) is 0 Å². The van der Waals surface area contributed by atoms with E-state index in [0.717, 1.165) is 44.0 Å².